The highest BCUT2D eigenvalue weighted by atomic mass is 32.2. The first-order chi connectivity index (χ1) is 15.5. The van der Waals surface area contributed by atoms with Crippen LogP contribution in [0.4, 0.5) is 17.1 Å². The van der Waals surface area contributed by atoms with Gasteiger partial charge in [0.15, 0.2) is 0 Å². The van der Waals surface area contributed by atoms with Crippen molar-refractivity contribution in [2.75, 3.05) is 50.0 Å². The number of benzene rings is 3. The Morgan fingerprint density at radius 1 is 0.938 bits per heavy atom. The number of nitro groups is 1. The number of nitrogens with zero attached hydrogens (tertiary/aromatic N) is 2. The third kappa shape index (κ3) is 4.67. The predicted octanol–water partition coefficient (Wildman–Crippen LogP) is 3.29. The van der Waals surface area contributed by atoms with Gasteiger partial charge in [0.25, 0.3) is 5.69 Å². The molecule has 0 radical (unpaired) electrons. The summed E-state index contributed by atoms with van der Waals surface area (Å²) in [6.07, 6.45) is 0. The second-order valence-corrected chi connectivity index (χ2v) is 9.27. The van der Waals surface area contributed by atoms with Crippen molar-refractivity contribution in [3.05, 3.63) is 70.8 Å². The molecule has 0 bridgehead atoms. The summed E-state index contributed by atoms with van der Waals surface area (Å²) in [5, 5.41) is 20.2. The standard InChI is InChI=1S/C22H24N4O5S/c27-26(28)22-16-18(32(29,30)25-12-14-31-15-13-25)8-9-21(22)24-11-10-23-20-7-3-5-17-4-1-2-6-19(17)20/h1-9,16,23-24H,10-15H2. The van der Waals surface area contributed by atoms with Crippen molar-refractivity contribution in [2.45, 2.75) is 4.90 Å². The average molecular weight is 457 g/mol. The fraction of sp³-hybridized carbons (Fsp3) is 0.273. The Hall–Kier alpha value is -3.21. The summed E-state index contributed by atoms with van der Waals surface area (Å²) >= 11 is 0. The molecular formula is C22H24N4O5S. The zero-order valence-corrected chi connectivity index (χ0v) is 18.2. The van der Waals surface area contributed by atoms with Gasteiger partial charge in [-0.3, -0.25) is 10.1 Å². The lowest BCUT2D eigenvalue weighted by Gasteiger charge is -2.26. The number of sulfonamides is 1. The van der Waals surface area contributed by atoms with Gasteiger partial charge in [0.1, 0.15) is 5.69 Å². The summed E-state index contributed by atoms with van der Waals surface area (Å²) in [6.45, 7) is 2.03. The van der Waals surface area contributed by atoms with Crippen LogP contribution in [0.5, 0.6) is 0 Å². The average Bonchev–Trinajstić information content (AvgIpc) is 2.82. The Labute approximate surface area is 186 Å². The maximum Gasteiger partial charge on any atom is 0.293 e. The zero-order chi connectivity index (χ0) is 22.6. The molecule has 3 aromatic carbocycles. The maximum absolute atomic E-state index is 12.8. The van der Waals surface area contributed by atoms with Gasteiger partial charge in [-0.05, 0) is 23.6 Å². The van der Waals surface area contributed by atoms with Crippen LogP contribution in [-0.4, -0.2) is 57.0 Å². The highest BCUT2D eigenvalue weighted by Crippen LogP contribution is 2.29. The van der Waals surface area contributed by atoms with Gasteiger partial charge in [0.2, 0.25) is 10.0 Å². The Bertz CT molecular complexity index is 1220. The van der Waals surface area contributed by atoms with Crippen molar-refractivity contribution in [3.8, 4) is 0 Å². The lowest BCUT2D eigenvalue weighted by atomic mass is 10.1. The van der Waals surface area contributed by atoms with Gasteiger partial charge in [-0.1, -0.05) is 36.4 Å². The van der Waals surface area contributed by atoms with E-state index in [4.69, 9.17) is 4.74 Å². The highest BCUT2D eigenvalue weighted by molar-refractivity contribution is 7.89. The van der Waals surface area contributed by atoms with Crippen molar-refractivity contribution in [3.63, 3.8) is 0 Å². The lowest BCUT2D eigenvalue weighted by Crippen LogP contribution is -2.40. The van der Waals surface area contributed by atoms with Crippen molar-refractivity contribution in [2.24, 2.45) is 0 Å². The second-order valence-electron chi connectivity index (χ2n) is 7.33. The summed E-state index contributed by atoms with van der Waals surface area (Å²) in [5.74, 6) is 0. The van der Waals surface area contributed by atoms with Crippen LogP contribution in [0.1, 0.15) is 0 Å². The van der Waals surface area contributed by atoms with Gasteiger partial charge in [-0.25, -0.2) is 8.42 Å². The molecule has 1 saturated heterocycles. The number of anilines is 2. The number of morpholine rings is 1. The zero-order valence-electron chi connectivity index (χ0n) is 17.4. The molecular weight excluding hydrogens is 432 g/mol. The Kier molecular flexibility index (Phi) is 6.54. The minimum Gasteiger partial charge on any atom is -0.383 e. The maximum atomic E-state index is 12.8. The smallest absolute Gasteiger partial charge is 0.293 e. The van der Waals surface area contributed by atoms with Gasteiger partial charge < -0.3 is 15.4 Å². The molecule has 1 aliphatic rings. The van der Waals surface area contributed by atoms with E-state index >= 15 is 0 Å². The monoisotopic (exact) mass is 456 g/mol. The van der Waals surface area contributed by atoms with E-state index in [-0.39, 0.29) is 29.4 Å². The number of hydrogen-bond acceptors (Lipinski definition) is 7. The normalized spacial score (nSPS) is 14.9. The summed E-state index contributed by atoms with van der Waals surface area (Å²) in [6, 6.07) is 18.0. The molecule has 0 amide bonds. The summed E-state index contributed by atoms with van der Waals surface area (Å²) in [4.78, 5) is 10.9. The molecule has 0 atom stereocenters. The first-order valence-electron chi connectivity index (χ1n) is 10.3. The third-order valence-electron chi connectivity index (χ3n) is 5.32. The molecule has 1 heterocycles. The molecule has 4 rings (SSSR count). The van der Waals surface area contributed by atoms with Gasteiger partial charge in [-0.15, -0.1) is 0 Å². The Morgan fingerprint density at radius 2 is 1.62 bits per heavy atom. The van der Waals surface area contributed by atoms with Crippen LogP contribution < -0.4 is 10.6 Å². The highest BCUT2D eigenvalue weighted by Gasteiger charge is 2.28. The van der Waals surface area contributed by atoms with Crippen molar-refractivity contribution < 1.29 is 18.1 Å². The molecule has 0 spiro atoms. The van der Waals surface area contributed by atoms with Gasteiger partial charge in [-0.2, -0.15) is 4.31 Å². The summed E-state index contributed by atoms with van der Waals surface area (Å²) < 4.78 is 32.1. The number of nitro benzene ring substituents is 1. The topological polar surface area (TPSA) is 114 Å². The van der Waals surface area contributed by atoms with Crippen LogP contribution in [0.25, 0.3) is 10.8 Å². The van der Waals surface area contributed by atoms with Crippen molar-refractivity contribution in [1.82, 2.24) is 4.31 Å². The van der Waals surface area contributed by atoms with E-state index in [0.717, 1.165) is 22.5 Å². The van der Waals surface area contributed by atoms with E-state index in [1.165, 1.54) is 16.4 Å². The quantitative estimate of drug-likeness (QED) is 0.304. The van der Waals surface area contributed by atoms with Gasteiger partial charge in [0, 0.05) is 43.3 Å². The molecule has 9 nitrogen and oxygen atoms in total. The molecule has 32 heavy (non-hydrogen) atoms. The summed E-state index contributed by atoms with van der Waals surface area (Å²) in [5.41, 5.74) is 0.978. The second kappa shape index (κ2) is 9.51. The molecule has 0 aromatic heterocycles. The molecule has 0 aliphatic carbocycles. The van der Waals surface area contributed by atoms with Crippen LogP contribution >= 0.6 is 0 Å². The molecule has 2 N–H and O–H groups in total. The predicted molar refractivity (Wildman–Crippen MR) is 124 cm³/mol. The van der Waals surface area contributed by atoms with E-state index in [1.807, 2.05) is 42.5 Å². The summed E-state index contributed by atoms with van der Waals surface area (Å²) in [7, 11) is -3.81. The molecule has 1 aliphatic heterocycles. The lowest BCUT2D eigenvalue weighted by molar-refractivity contribution is -0.384. The van der Waals surface area contributed by atoms with Crippen molar-refractivity contribution >= 4 is 37.9 Å². The SMILES string of the molecule is O=[N+]([O-])c1cc(S(=O)(=O)N2CCOCC2)ccc1NCCNc1cccc2ccccc12. The fourth-order valence-corrected chi connectivity index (χ4v) is 5.11. The van der Waals surface area contributed by atoms with E-state index in [0.29, 0.717) is 26.3 Å². The molecule has 0 saturated carbocycles. The molecule has 1 fully saturated rings. The minimum atomic E-state index is -3.81. The van der Waals surface area contributed by atoms with Crippen LogP contribution in [0, 0.1) is 10.1 Å². The van der Waals surface area contributed by atoms with E-state index in [1.54, 1.807) is 0 Å². The minimum absolute atomic E-state index is 0.0921. The van der Waals surface area contributed by atoms with Crippen molar-refractivity contribution in [1.29, 1.82) is 0 Å². The molecule has 3 aromatic rings. The third-order valence-corrected chi connectivity index (χ3v) is 7.21. The molecule has 168 valence electrons. The number of rotatable bonds is 8. The van der Waals surface area contributed by atoms with Gasteiger partial charge >= 0.3 is 0 Å². The molecule has 0 unspecified atom stereocenters. The number of nitrogens with one attached hydrogen (secondary N) is 2. The Balaban J connectivity index is 1.45. The van der Waals surface area contributed by atoms with Gasteiger partial charge in [0.05, 0.1) is 23.0 Å². The van der Waals surface area contributed by atoms with E-state index in [2.05, 4.69) is 10.6 Å². The van der Waals surface area contributed by atoms with Crippen LogP contribution in [-0.2, 0) is 14.8 Å². The van der Waals surface area contributed by atoms with Crippen LogP contribution in [0.3, 0.4) is 0 Å². The van der Waals surface area contributed by atoms with Crippen LogP contribution in [0.2, 0.25) is 0 Å². The van der Waals surface area contributed by atoms with E-state index in [9.17, 15) is 18.5 Å². The largest absolute Gasteiger partial charge is 0.383 e. The first kappa shape index (κ1) is 22.0. The Morgan fingerprint density at radius 3 is 2.38 bits per heavy atom. The molecule has 10 heteroatoms. The van der Waals surface area contributed by atoms with Crippen LogP contribution in [0.15, 0.2) is 65.6 Å². The number of fused-ring (bicyclic) bond motifs is 1. The number of hydrogen-bond donors (Lipinski definition) is 2. The first-order valence-corrected chi connectivity index (χ1v) is 11.7. The van der Waals surface area contributed by atoms with E-state index < -0.39 is 14.9 Å². The fourth-order valence-electron chi connectivity index (χ4n) is 3.68. The number of ether oxygens (including phenoxy) is 1.